The number of alkyl halides is 3. The highest BCUT2D eigenvalue weighted by Gasteiger charge is 2.34. The van der Waals surface area contributed by atoms with Crippen LogP contribution >= 0.6 is 0 Å². The minimum atomic E-state index is -4.56. The number of fused-ring (bicyclic) bond motifs is 3. The fourth-order valence-corrected chi connectivity index (χ4v) is 3.25. The van der Waals surface area contributed by atoms with E-state index in [2.05, 4.69) is 20.2 Å². The van der Waals surface area contributed by atoms with Gasteiger partial charge in [-0.25, -0.2) is 4.98 Å². The van der Waals surface area contributed by atoms with Gasteiger partial charge in [-0.15, -0.1) is 0 Å². The van der Waals surface area contributed by atoms with Crippen LogP contribution < -0.4 is 10.1 Å². The lowest BCUT2D eigenvalue weighted by atomic mass is 10.1. The van der Waals surface area contributed by atoms with Gasteiger partial charge >= 0.3 is 6.18 Å². The topological polar surface area (TPSA) is 50.3 Å². The average molecular weight is 392 g/mol. The number of anilines is 1. The number of likely N-dealkylation sites (N-methyl/N-ethyl adjacent to an activating group) is 1. The van der Waals surface area contributed by atoms with E-state index >= 15 is 0 Å². The normalized spacial score (nSPS) is 12.1. The molecule has 150 valence electrons. The van der Waals surface area contributed by atoms with Crippen molar-refractivity contribution >= 4 is 27.5 Å². The number of aromatic nitrogens is 2. The van der Waals surface area contributed by atoms with Crippen molar-refractivity contribution in [3.8, 4) is 5.75 Å². The van der Waals surface area contributed by atoms with Gasteiger partial charge in [-0.2, -0.15) is 13.2 Å². The Bertz CT molecular complexity index is 971. The predicted octanol–water partition coefficient (Wildman–Crippen LogP) is 4.56. The highest BCUT2D eigenvalue weighted by Crippen LogP contribution is 2.39. The molecule has 1 N–H and O–H groups in total. The molecule has 0 atom stereocenters. The van der Waals surface area contributed by atoms with E-state index in [1.807, 2.05) is 13.8 Å². The van der Waals surface area contributed by atoms with Gasteiger partial charge in [-0.1, -0.05) is 19.9 Å². The minimum absolute atomic E-state index is 0.176. The molecule has 1 aromatic carbocycles. The van der Waals surface area contributed by atoms with Crippen LogP contribution in [0.5, 0.6) is 5.75 Å². The molecule has 0 unspecified atom stereocenters. The molecule has 8 heteroatoms. The van der Waals surface area contributed by atoms with E-state index in [0.29, 0.717) is 40.8 Å². The number of nitrogens with zero attached hydrogens (tertiary/aromatic N) is 3. The van der Waals surface area contributed by atoms with Crippen molar-refractivity contribution in [2.45, 2.75) is 20.0 Å². The Morgan fingerprint density at radius 1 is 1.14 bits per heavy atom. The van der Waals surface area contributed by atoms with E-state index in [9.17, 15) is 13.2 Å². The van der Waals surface area contributed by atoms with Crippen LogP contribution in [0.2, 0.25) is 0 Å². The molecule has 0 aliphatic rings. The van der Waals surface area contributed by atoms with Gasteiger partial charge < -0.3 is 15.0 Å². The van der Waals surface area contributed by atoms with E-state index in [4.69, 9.17) is 4.74 Å². The van der Waals surface area contributed by atoms with E-state index in [0.717, 1.165) is 19.2 Å². The van der Waals surface area contributed by atoms with Gasteiger partial charge in [0.15, 0.2) is 0 Å². The van der Waals surface area contributed by atoms with Gasteiger partial charge in [0.25, 0.3) is 0 Å². The summed E-state index contributed by atoms with van der Waals surface area (Å²) in [5.41, 5.74) is -0.0225. The van der Waals surface area contributed by atoms with Gasteiger partial charge in [0.1, 0.15) is 17.0 Å². The Hall–Kier alpha value is -2.61. The summed E-state index contributed by atoms with van der Waals surface area (Å²) >= 11 is 0. The Kier molecular flexibility index (Phi) is 5.88. The SMILES string of the molecule is CCN(CC)CCNc1cc(C(F)(F)F)nc2c1c(OC)cc1cccnc12. The summed E-state index contributed by atoms with van der Waals surface area (Å²) in [4.78, 5) is 10.4. The summed E-state index contributed by atoms with van der Waals surface area (Å²) in [7, 11) is 1.49. The van der Waals surface area contributed by atoms with E-state index in [1.165, 1.54) is 7.11 Å². The largest absolute Gasteiger partial charge is 0.496 e. The van der Waals surface area contributed by atoms with Crippen molar-refractivity contribution in [2.75, 3.05) is 38.6 Å². The Morgan fingerprint density at radius 2 is 1.89 bits per heavy atom. The van der Waals surface area contributed by atoms with Crippen LogP contribution in [0.3, 0.4) is 0 Å². The summed E-state index contributed by atoms with van der Waals surface area (Å²) in [5, 5.41) is 4.32. The molecule has 0 saturated heterocycles. The first-order valence-electron chi connectivity index (χ1n) is 9.18. The number of ether oxygens (including phenoxy) is 1. The van der Waals surface area contributed by atoms with Crippen molar-refractivity contribution < 1.29 is 17.9 Å². The number of benzene rings is 1. The second-order valence-electron chi connectivity index (χ2n) is 6.38. The van der Waals surface area contributed by atoms with Crippen LogP contribution in [-0.2, 0) is 6.18 Å². The monoisotopic (exact) mass is 392 g/mol. The van der Waals surface area contributed by atoms with E-state index in [-0.39, 0.29) is 5.52 Å². The number of methoxy groups -OCH3 is 1. The molecule has 0 spiro atoms. The van der Waals surface area contributed by atoms with Gasteiger partial charge in [-0.3, -0.25) is 4.98 Å². The van der Waals surface area contributed by atoms with Crippen LogP contribution in [0.1, 0.15) is 19.5 Å². The van der Waals surface area contributed by atoms with Crippen LogP contribution in [0.4, 0.5) is 18.9 Å². The molecule has 0 saturated carbocycles. The number of rotatable bonds is 7. The standard InChI is InChI=1S/C20H23F3N4O/c1-4-27(5-2)10-9-24-14-12-16(20(21,22)23)26-19-17(14)15(28-3)11-13-7-6-8-25-18(13)19/h6-8,11-12H,4-5,9-10H2,1-3H3,(H,24,26). The lowest BCUT2D eigenvalue weighted by molar-refractivity contribution is -0.140. The zero-order valence-corrected chi connectivity index (χ0v) is 16.1. The first-order valence-corrected chi connectivity index (χ1v) is 9.18. The molecular formula is C20H23F3N4O. The molecule has 0 fully saturated rings. The Labute approximate surface area is 161 Å². The lowest BCUT2D eigenvalue weighted by Gasteiger charge is -2.20. The minimum Gasteiger partial charge on any atom is -0.496 e. The third-order valence-corrected chi connectivity index (χ3v) is 4.76. The number of hydrogen-bond acceptors (Lipinski definition) is 5. The summed E-state index contributed by atoms with van der Waals surface area (Å²) in [6.07, 6.45) is -3.02. The molecule has 0 bridgehead atoms. The summed E-state index contributed by atoms with van der Waals surface area (Å²) in [6, 6.07) is 6.32. The molecule has 2 aromatic heterocycles. The smallest absolute Gasteiger partial charge is 0.433 e. The molecule has 28 heavy (non-hydrogen) atoms. The number of halogens is 3. The van der Waals surface area contributed by atoms with Crippen LogP contribution in [0.15, 0.2) is 30.5 Å². The molecule has 2 heterocycles. The molecule has 5 nitrogen and oxygen atoms in total. The average Bonchev–Trinajstić information content (AvgIpc) is 2.69. The zero-order chi connectivity index (χ0) is 20.3. The number of hydrogen-bond donors (Lipinski definition) is 1. The zero-order valence-electron chi connectivity index (χ0n) is 16.1. The van der Waals surface area contributed by atoms with Crippen LogP contribution in [0.25, 0.3) is 21.8 Å². The quantitative estimate of drug-likeness (QED) is 0.597. The molecular weight excluding hydrogens is 369 g/mol. The Balaban J connectivity index is 2.18. The van der Waals surface area contributed by atoms with Gasteiger partial charge in [0.05, 0.1) is 18.0 Å². The van der Waals surface area contributed by atoms with Crippen molar-refractivity contribution in [3.05, 3.63) is 36.2 Å². The van der Waals surface area contributed by atoms with Crippen molar-refractivity contribution in [1.82, 2.24) is 14.9 Å². The Morgan fingerprint density at radius 3 is 2.54 bits per heavy atom. The van der Waals surface area contributed by atoms with Crippen molar-refractivity contribution in [1.29, 1.82) is 0 Å². The number of nitrogens with one attached hydrogen (secondary N) is 1. The first kappa shape index (κ1) is 20.1. The fraction of sp³-hybridized carbons (Fsp3) is 0.400. The van der Waals surface area contributed by atoms with Crippen LogP contribution in [-0.4, -0.2) is 48.2 Å². The third kappa shape index (κ3) is 3.96. The maximum atomic E-state index is 13.5. The van der Waals surface area contributed by atoms with Crippen LogP contribution in [0, 0.1) is 0 Å². The van der Waals surface area contributed by atoms with Gasteiger partial charge in [-0.05, 0) is 31.3 Å². The number of pyridine rings is 2. The third-order valence-electron chi connectivity index (χ3n) is 4.76. The maximum Gasteiger partial charge on any atom is 0.433 e. The molecule has 0 amide bonds. The van der Waals surface area contributed by atoms with Crippen molar-refractivity contribution in [3.63, 3.8) is 0 Å². The maximum absolute atomic E-state index is 13.5. The molecule has 0 aliphatic heterocycles. The molecule has 3 rings (SSSR count). The van der Waals surface area contributed by atoms with Gasteiger partial charge in [0.2, 0.25) is 0 Å². The van der Waals surface area contributed by atoms with E-state index in [1.54, 1.807) is 24.4 Å². The predicted molar refractivity (Wildman–Crippen MR) is 105 cm³/mol. The van der Waals surface area contributed by atoms with Crippen molar-refractivity contribution in [2.24, 2.45) is 0 Å². The second-order valence-corrected chi connectivity index (χ2v) is 6.38. The summed E-state index contributed by atoms with van der Waals surface area (Å²) in [5.74, 6) is 0.460. The summed E-state index contributed by atoms with van der Waals surface area (Å²) < 4.78 is 45.9. The first-order chi connectivity index (χ1) is 13.4. The lowest BCUT2D eigenvalue weighted by Crippen LogP contribution is -2.28. The van der Waals surface area contributed by atoms with E-state index < -0.39 is 11.9 Å². The molecule has 3 aromatic rings. The molecule has 0 aliphatic carbocycles. The molecule has 0 radical (unpaired) electrons. The highest BCUT2D eigenvalue weighted by molar-refractivity contribution is 6.10. The fourth-order valence-electron chi connectivity index (χ4n) is 3.25. The summed E-state index contributed by atoms with van der Waals surface area (Å²) in [6.45, 7) is 7.07. The highest BCUT2D eigenvalue weighted by atomic mass is 19.4. The van der Waals surface area contributed by atoms with Gasteiger partial charge in [0, 0.05) is 30.4 Å². The second kappa shape index (κ2) is 8.18.